The van der Waals surface area contributed by atoms with Gasteiger partial charge < -0.3 is 15.5 Å². The maximum absolute atomic E-state index is 11.9. The van der Waals surface area contributed by atoms with Gasteiger partial charge in [0.05, 0.1) is 11.6 Å². The summed E-state index contributed by atoms with van der Waals surface area (Å²) in [5.41, 5.74) is 3.97. The lowest BCUT2D eigenvalue weighted by Gasteiger charge is -2.29. The minimum absolute atomic E-state index is 0. The number of aromatic nitrogens is 2. The minimum atomic E-state index is -0.218. The van der Waals surface area contributed by atoms with Crippen LogP contribution in [-0.2, 0) is 4.79 Å². The first-order chi connectivity index (χ1) is 11.2. The van der Waals surface area contributed by atoms with Crippen molar-refractivity contribution in [3.05, 3.63) is 36.2 Å². The number of anilines is 2. The number of benzene rings is 1. The fourth-order valence-corrected chi connectivity index (χ4v) is 3.26. The zero-order chi connectivity index (χ0) is 15.8. The second-order valence-electron chi connectivity index (χ2n) is 5.98. The average Bonchev–Trinajstić information content (AvgIpc) is 2.90. The van der Waals surface area contributed by atoms with Crippen LogP contribution in [0.4, 0.5) is 11.5 Å². The van der Waals surface area contributed by atoms with Crippen LogP contribution >= 0.6 is 24.8 Å². The Morgan fingerprint density at radius 1 is 1.16 bits per heavy atom. The van der Waals surface area contributed by atoms with Crippen LogP contribution in [0.1, 0.15) is 18.4 Å². The van der Waals surface area contributed by atoms with E-state index in [0.29, 0.717) is 5.82 Å². The lowest BCUT2D eigenvalue weighted by atomic mass is 9.98. The van der Waals surface area contributed by atoms with Gasteiger partial charge in [0.1, 0.15) is 12.1 Å². The van der Waals surface area contributed by atoms with Crippen LogP contribution in [-0.4, -0.2) is 42.1 Å². The molecular formula is C17H21Cl2N5O. The molecule has 8 heteroatoms. The molecule has 2 aliphatic heterocycles. The van der Waals surface area contributed by atoms with Gasteiger partial charge in [0.2, 0.25) is 5.91 Å². The Bertz CT molecular complexity index is 764. The van der Waals surface area contributed by atoms with Crippen molar-refractivity contribution in [3.63, 3.8) is 0 Å². The number of nitrogens with zero attached hydrogens (tertiary/aromatic N) is 3. The largest absolute Gasteiger partial charge is 0.369 e. The number of nitrogens with one attached hydrogen (secondary N) is 2. The van der Waals surface area contributed by atoms with Gasteiger partial charge in [0, 0.05) is 43.0 Å². The molecule has 4 rings (SSSR count). The summed E-state index contributed by atoms with van der Waals surface area (Å²) in [6.07, 6.45) is 1.52. The van der Waals surface area contributed by atoms with Gasteiger partial charge >= 0.3 is 0 Å². The van der Waals surface area contributed by atoms with Crippen molar-refractivity contribution >= 4 is 42.2 Å². The predicted molar refractivity (Wildman–Crippen MR) is 104 cm³/mol. The topological polar surface area (TPSA) is 70.2 Å². The third kappa shape index (κ3) is 3.56. The van der Waals surface area contributed by atoms with Crippen LogP contribution in [0.3, 0.4) is 0 Å². The average molecular weight is 382 g/mol. The molecule has 0 spiro atoms. The van der Waals surface area contributed by atoms with Gasteiger partial charge in [-0.05, 0) is 19.1 Å². The van der Waals surface area contributed by atoms with E-state index in [1.165, 1.54) is 12.0 Å². The maximum Gasteiger partial charge on any atom is 0.233 e. The van der Waals surface area contributed by atoms with E-state index in [0.717, 1.165) is 43.0 Å². The summed E-state index contributed by atoms with van der Waals surface area (Å²) in [6, 6.07) is 8.38. The SMILES string of the molecule is CC1C(=O)Nc2ncnc(-c3cccc(N4CCNCC4)c3)c21.Cl.Cl. The Balaban J connectivity index is 0.00000113. The van der Waals surface area contributed by atoms with Gasteiger partial charge in [0.25, 0.3) is 0 Å². The highest BCUT2D eigenvalue weighted by Gasteiger charge is 2.31. The highest BCUT2D eigenvalue weighted by molar-refractivity contribution is 6.03. The van der Waals surface area contributed by atoms with E-state index in [4.69, 9.17) is 0 Å². The van der Waals surface area contributed by atoms with Gasteiger partial charge in [-0.3, -0.25) is 4.79 Å². The van der Waals surface area contributed by atoms with Crippen molar-refractivity contribution in [2.24, 2.45) is 0 Å². The molecule has 1 aromatic heterocycles. The van der Waals surface area contributed by atoms with Gasteiger partial charge in [-0.25, -0.2) is 9.97 Å². The number of rotatable bonds is 2. The molecule has 134 valence electrons. The molecule has 1 fully saturated rings. The van der Waals surface area contributed by atoms with Gasteiger partial charge in [-0.2, -0.15) is 0 Å². The van der Waals surface area contributed by atoms with Crippen molar-refractivity contribution in [1.82, 2.24) is 15.3 Å². The lowest BCUT2D eigenvalue weighted by molar-refractivity contribution is -0.116. The summed E-state index contributed by atoms with van der Waals surface area (Å²) in [5, 5.41) is 6.19. The highest BCUT2D eigenvalue weighted by atomic mass is 35.5. The minimum Gasteiger partial charge on any atom is -0.369 e. The Morgan fingerprint density at radius 3 is 2.68 bits per heavy atom. The van der Waals surface area contributed by atoms with E-state index in [9.17, 15) is 4.79 Å². The highest BCUT2D eigenvalue weighted by Crippen LogP contribution is 2.37. The molecule has 0 aliphatic carbocycles. The number of amides is 1. The van der Waals surface area contributed by atoms with Crippen LogP contribution in [0, 0.1) is 0 Å². The van der Waals surface area contributed by atoms with E-state index in [2.05, 4.69) is 43.7 Å². The first kappa shape index (κ1) is 19.4. The van der Waals surface area contributed by atoms with Crippen molar-refractivity contribution < 1.29 is 4.79 Å². The van der Waals surface area contributed by atoms with Gasteiger partial charge in [-0.15, -0.1) is 24.8 Å². The Kier molecular flexibility index (Phi) is 6.21. The standard InChI is InChI=1S/C17H19N5O.2ClH/c1-11-14-15(19-10-20-16(14)21-17(11)23)12-3-2-4-13(9-12)22-7-5-18-6-8-22;;/h2-4,9-11,18H,5-8H2,1H3,(H,19,20,21,23);2*1H. The molecule has 2 aromatic rings. The Hall–Kier alpha value is -1.89. The molecule has 2 aliphatic rings. The molecule has 1 saturated heterocycles. The molecule has 25 heavy (non-hydrogen) atoms. The van der Waals surface area contributed by atoms with E-state index >= 15 is 0 Å². The normalized spacial score (nSPS) is 18.7. The molecule has 3 heterocycles. The summed E-state index contributed by atoms with van der Waals surface area (Å²) in [7, 11) is 0. The van der Waals surface area contributed by atoms with Crippen LogP contribution in [0.5, 0.6) is 0 Å². The first-order valence-corrected chi connectivity index (χ1v) is 7.96. The zero-order valence-corrected chi connectivity index (χ0v) is 15.5. The smallest absolute Gasteiger partial charge is 0.233 e. The summed E-state index contributed by atoms with van der Waals surface area (Å²) >= 11 is 0. The molecule has 0 saturated carbocycles. The number of piperazine rings is 1. The quantitative estimate of drug-likeness (QED) is 0.835. The molecule has 1 unspecified atom stereocenters. The Morgan fingerprint density at radius 2 is 1.92 bits per heavy atom. The number of carbonyl (C=O) groups is 1. The fraction of sp³-hybridized carbons (Fsp3) is 0.353. The number of hydrogen-bond donors (Lipinski definition) is 2. The molecule has 2 N–H and O–H groups in total. The third-order valence-electron chi connectivity index (χ3n) is 4.55. The molecular weight excluding hydrogens is 361 g/mol. The van der Waals surface area contributed by atoms with E-state index in [-0.39, 0.29) is 36.6 Å². The summed E-state index contributed by atoms with van der Waals surface area (Å²) in [6.45, 7) is 5.91. The van der Waals surface area contributed by atoms with E-state index in [1.807, 2.05) is 13.0 Å². The number of halogens is 2. The second kappa shape index (κ2) is 7.99. The van der Waals surface area contributed by atoms with Crippen molar-refractivity contribution in [3.8, 4) is 11.3 Å². The molecule has 1 atom stereocenters. The monoisotopic (exact) mass is 381 g/mol. The number of carbonyl (C=O) groups excluding carboxylic acids is 1. The van der Waals surface area contributed by atoms with Crippen molar-refractivity contribution in [2.45, 2.75) is 12.8 Å². The summed E-state index contributed by atoms with van der Waals surface area (Å²) in [5.74, 6) is 0.407. The molecule has 1 amide bonds. The van der Waals surface area contributed by atoms with Crippen LogP contribution in [0.2, 0.25) is 0 Å². The van der Waals surface area contributed by atoms with Crippen molar-refractivity contribution in [2.75, 3.05) is 36.4 Å². The van der Waals surface area contributed by atoms with E-state index in [1.54, 1.807) is 0 Å². The molecule has 0 bridgehead atoms. The van der Waals surface area contributed by atoms with Crippen molar-refractivity contribution in [1.29, 1.82) is 0 Å². The van der Waals surface area contributed by atoms with Crippen LogP contribution < -0.4 is 15.5 Å². The van der Waals surface area contributed by atoms with E-state index < -0.39 is 0 Å². The second-order valence-corrected chi connectivity index (χ2v) is 5.98. The maximum atomic E-state index is 11.9. The number of hydrogen-bond acceptors (Lipinski definition) is 5. The lowest BCUT2D eigenvalue weighted by Crippen LogP contribution is -2.43. The van der Waals surface area contributed by atoms with Crippen LogP contribution in [0.25, 0.3) is 11.3 Å². The molecule has 6 nitrogen and oxygen atoms in total. The van der Waals surface area contributed by atoms with Crippen LogP contribution in [0.15, 0.2) is 30.6 Å². The third-order valence-corrected chi connectivity index (χ3v) is 4.55. The molecule has 1 aromatic carbocycles. The summed E-state index contributed by atoms with van der Waals surface area (Å²) < 4.78 is 0. The van der Waals surface area contributed by atoms with Gasteiger partial charge in [-0.1, -0.05) is 12.1 Å². The zero-order valence-electron chi connectivity index (χ0n) is 13.9. The first-order valence-electron chi connectivity index (χ1n) is 7.96. The molecule has 0 radical (unpaired) electrons. The summed E-state index contributed by atoms with van der Waals surface area (Å²) in [4.78, 5) is 23.0. The van der Waals surface area contributed by atoms with Gasteiger partial charge in [0.15, 0.2) is 0 Å². The number of fused-ring (bicyclic) bond motifs is 1. The Labute approximate surface area is 159 Å². The fourth-order valence-electron chi connectivity index (χ4n) is 3.26. The predicted octanol–water partition coefficient (Wildman–Crippen LogP) is 2.45.